The topological polar surface area (TPSA) is 50.9 Å². The molecule has 2 aromatic rings. The van der Waals surface area contributed by atoms with E-state index in [-0.39, 0.29) is 6.01 Å². The highest BCUT2D eigenvalue weighted by Gasteiger charge is 1.97. The number of hydrogen-bond acceptors (Lipinski definition) is 3. The van der Waals surface area contributed by atoms with E-state index in [1.807, 2.05) is 30.3 Å². The monoisotopic (exact) mass is 161 g/mol. The van der Waals surface area contributed by atoms with Crippen LogP contribution in [0.15, 0.2) is 36.7 Å². The largest absolute Gasteiger partial charge is 0.478 e. The van der Waals surface area contributed by atoms with Crippen molar-refractivity contribution in [1.82, 2.24) is 14.8 Å². The summed E-state index contributed by atoms with van der Waals surface area (Å²) < 4.78 is 1.51. The molecule has 0 spiro atoms. The molecular weight excluding hydrogens is 154 g/mol. The maximum Gasteiger partial charge on any atom is 0.333 e. The van der Waals surface area contributed by atoms with E-state index < -0.39 is 0 Å². The van der Waals surface area contributed by atoms with Crippen LogP contribution in [0.2, 0.25) is 0 Å². The van der Waals surface area contributed by atoms with Crippen LogP contribution in [-0.2, 0) is 0 Å². The molecule has 0 bridgehead atoms. The standard InChI is InChI=1S/C8H7N3O/c12-8-9-6-11(10-8)7-4-2-1-3-5-7/h1-6H,(H,10,12). The van der Waals surface area contributed by atoms with Crippen molar-refractivity contribution in [2.75, 3.05) is 0 Å². The van der Waals surface area contributed by atoms with Crippen molar-refractivity contribution in [2.45, 2.75) is 0 Å². The highest BCUT2D eigenvalue weighted by molar-refractivity contribution is 5.29. The van der Waals surface area contributed by atoms with Crippen LogP contribution in [0.5, 0.6) is 6.01 Å². The molecule has 0 fully saturated rings. The van der Waals surface area contributed by atoms with Gasteiger partial charge in [-0.1, -0.05) is 18.2 Å². The third-order valence-corrected chi connectivity index (χ3v) is 1.50. The Labute approximate surface area is 69.1 Å². The molecule has 0 saturated heterocycles. The van der Waals surface area contributed by atoms with Gasteiger partial charge in [-0.05, 0) is 12.1 Å². The molecule has 0 radical (unpaired) electrons. The molecule has 4 heteroatoms. The molecule has 1 aromatic carbocycles. The van der Waals surface area contributed by atoms with Crippen LogP contribution in [-0.4, -0.2) is 19.9 Å². The van der Waals surface area contributed by atoms with E-state index in [0.29, 0.717) is 0 Å². The zero-order valence-electron chi connectivity index (χ0n) is 6.25. The second-order valence-electron chi connectivity index (χ2n) is 2.32. The Morgan fingerprint density at radius 3 is 2.50 bits per heavy atom. The Hall–Kier alpha value is -1.84. The highest BCUT2D eigenvalue weighted by Crippen LogP contribution is 2.06. The Morgan fingerprint density at radius 1 is 1.17 bits per heavy atom. The summed E-state index contributed by atoms with van der Waals surface area (Å²) in [5.41, 5.74) is 0.880. The number of aromatic hydroxyl groups is 1. The van der Waals surface area contributed by atoms with Crippen LogP contribution < -0.4 is 0 Å². The first-order valence-electron chi connectivity index (χ1n) is 3.52. The van der Waals surface area contributed by atoms with Crippen LogP contribution in [0.3, 0.4) is 0 Å². The Bertz CT molecular complexity index is 369. The van der Waals surface area contributed by atoms with Crippen molar-refractivity contribution in [3.8, 4) is 11.7 Å². The van der Waals surface area contributed by atoms with Gasteiger partial charge in [-0.3, -0.25) is 0 Å². The molecule has 1 heterocycles. The number of hydrogen-bond donors (Lipinski definition) is 1. The lowest BCUT2D eigenvalue weighted by Gasteiger charge is -1.96. The van der Waals surface area contributed by atoms with Crippen molar-refractivity contribution < 1.29 is 5.11 Å². The molecule has 0 aliphatic rings. The molecule has 12 heavy (non-hydrogen) atoms. The Balaban J connectivity index is 2.45. The van der Waals surface area contributed by atoms with Gasteiger partial charge < -0.3 is 5.11 Å². The number of aromatic nitrogens is 3. The zero-order chi connectivity index (χ0) is 8.39. The second kappa shape index (κ2) is 2.65. The van der Waals surface area contributed by atoms with Gasteiger partial charge in [-0.25, -0.2) is 4.68 Å². The molecule has 60 valence electrons. The van der Waals surface area contributed by atoms with Gasteiger partial charge in [0.15, 0.2) is 0 Å². The summed E-state index contributed by atoms with van der Waals surface area (Å²) in [5, 5.41) is 12.6. The minimum absolute atomic E-state index is 0.209. The van der Waals surface area contributed by atoms with Gasteiger partial charge >= 0.3 is 6.01 Å². The SMILES string of the molecule is Oc1ncn(-c2ccccc2)n1. The fraction of sp³-hybridized carbons (Fsp3) is 0. The van der Waals surface area contributed by atoms with Crippen molar-refractivity contribution in [3.05, 3.63) is 36.7 Å². The molecule has 0 atom stereocenters. The second-order valence-corrected chi connectivity index (χ2v) is 2.32. The third-order valence-electron chi connectivity index (χ3n) is 1.50. The molecular formula is C8H7N3O. The van der Waals surface area contributed by atoms with Crippen LogP contribution >= 0.6 is 0 Å². The number of para-hydroxylation sites is 1. The molecule has 1 aromatic heterocycles. The predicted molar refractivity (Wildman–Crippen MR) is 43.0 cm³/mol. The molecule has 0 amide bonds. The van der Waals surface area contributed by atoms with Crippen molar-refractivity contribution in [2.24, 2.45) is 0 Å². The first kappa shape index (κ1) is 6.84. The molecule has 2 rings (SSSR count). The van der Waals surface area contributed by atoms with Crippen LogP contribution in [0.25, 0.3) is 5.69 Å². The van der Waals surface area contributed by atoms with Crippen molar-refractivity contribution in [3.63, 3.8) is 0 Å². The minimum Gasteiger partial charge on any atom is -0.478 e. The fourth-order valence-corrected chi connectivity index (χ4v) is 0.959. The van der Waals surface area contributed by atoms with Gasteiger partial charge in [0.05, 0.1) is 5.69 Å². The fourth-order valence-electron chi connectivity index (χ4n) is 0.959. The normalized spacial score (nSPS) is 10.0. The van der Waals surface area contributed by atoms with E-state index in [4.69, 9.17) is 5.11 Å². The van der Waals surface area contributed by atoms with Gasteiger partial charge in [-0.2, -0.15) is 4.98 Å². The molecule has 0 unspecified atom stereocenters. The summed E-state index contributed by atoms with van der Waals surface area (Å²) in [5.74, 6) is 0. The van der Waals surface area contributed by atoms with Gasteiger partial charge in [-0.15, -0.1) is 5.10 Å². The van der Waals surface area contributed by atoms with Gasteiger partial charge in [0, 0.05) is 0 Å². The molecule has 1 N–H and O–H groups in total. The summed E-state index contributed by atoms with van der Waals surface area (Å²) in [7, 11) is 0. The van der Waals surface area contributed by atoms with E-state index >= 15 is 0 Å². The quantitative estimate of drug-likeness (QED) is 0.678. The van der Waals surface area contributed by atoms with Crippen LogP contribution in [0.1, 0.15) is 0 Å². The van der Waals surface area contributed by atoms with Gasteiger partial charge in [0.1, 0.15) is 6.33 Å². The van der Waals surface area contributed by atoms with E-state index in [1.165, 1.54) is 11.0 Å². The molecule has 0 saturated carbocycles. The summed E-state index contributed by atoms with van der Waals surface area (Å²) >= 11 is 0. The van der Waals surface area contributed by atoms with E-state index in [2.05, 4.69) is 10.1 Å². The summed E-state index contributed by atoms with van der Waals surface area (Å²) in [6.07, 6.45) is 1.46. The number of nitrogens with zero attached hydrogens (tertiary/aromatic N) is 3. The first-order valence-corrected chi connectivity index (χ1v) is 3.52. The van der Waals surface area contributed by atoms with Crippen LogP contribution in [0.4, 0.5) is 0 Å². The lowest BCUT2D eigenvalue weighted by Crippen LogP contribution is -1.92. The Kier molecular flexibility index (Phi) is 1.51. The van der Waals surface area contributed by atoms with Crippen molar-refractivity contribution >= 4 is 0 Å². The predicted octanol–water partition coefficient (Wildman–Crippen LogP) is 0.973. The third kappa shape index (κ3) is 1.14. The van der Waals surface area contributed by atoms with Gasteiger partial charge in [0.2, 0.25) is 0 Å². The Morgan fingerprint density at radius 2 is 1.92 bits per heavy atom. The van der Waals surface area contributed by atoms with Crippen LogP contribution in [0, 0.1) is 0 Å². The minimum atomic E-state index is -0.209. The molecule has 0 aliphatic heterocycles. The lowest BCUT2D eigenvalue weighted by atomic mass is 10.3. The zero-order valence-corrected chi connectivity index (χ0v) is 6.25. The molecule has 4 nitrogen and oxygen atoms in total. The summed E-state index contributed by atoms with van der Waals surface area (Å²) in [6, 6.07) is 9.27. The van der Waals surface area contributed by atoms with Gasteiger partial charge in [0.25, 0.3) is 0 Å². The van der Waals surface area contributed by atoms with Crippen molar-refractivity contribution in [1.29, 1.82) is 0 Å². The maximum absolute atomic E-state index is 8.87. The summed E-state index contributed by atoms with van der Waals surface area (Å²) in [4.78, 5) is 3.60. The smallest absolute Gasteiger partial charge is 0.333 e. The number of benzene rings is 1. The maximum atomic E-state index is 8.87. The molecule has 0 aliphatic carbocycles. The average molecular weight is 161 g/mol. The van der Waals surface area contributed by atoms with E-state index in [0.717, 1.165) is 5.69 Å². The number of rotatable bonds is 1. The summed E-state index contributed by atoms with van der Waals surface area (Å²) in [6.45, 7) is 0. The van der Waals surface area contributed by atoms with E-state index in [9.17, 15) is 0 Å². The average Bonchev–Trinajstić information content (AvgIpc) is 2.54. The van der Waals surface area contributed by atoms with E-state index in [1.54, 1.807) is 0 Å². The first-order chi connectivity index (χ1) is 5.86. The highest BCUT2D eigenvalue weighted by atomic mass is 16.3. The lowest BCUT2D eigenvalue weighted by molar-refractivity contribution is 0.430.